The minimum absolute atomic E-state index is 0.0418. The molecule has 0 unspecified atom stereocenters. The molecule has 1 aliphatic heterocycles. The number of piperazine rings is 1. The number of anilines is 1. The van der Waals surface area contributed by atoms with Crippen LogP contribution in [0.15, 0.2) is 54.6 Å². The molecule has 1 saturated heterocycles. The molecule has 0 N–H and O–H groups in total. The number of carbonyl (C=O) groups is 1. The summed E-state index contributed by atoms with van der Waals surface area (Å²) in [6, 6.07) is 16.1. The number of benzene rings is 2. The lowest BCUT2D eigenvalue weighted by Crippen LogP contribution is -2.49. The van der Waals surface area contributed by atoms with Crippen LogP contribution in [0.2, 0.25) is 0 Å². The van der Waals surface area contributed by atoms with Crippen LogP contribution < -0.4 is 9.64 Å². The van der Waals surface area contributed by atoms with Crippen molar-refractivity contribution >= 4 is 17.4 Å². The second-order valence-electron chi connectivity index (χ2n) is 7.46. The average Bonchev–Trinajstić information content (AvgIpc) is 2.84. The standard InChI is InChI=1S/C23H23N5O4/c1-16-17(7-5-8-20(16)28(30)31)23(29)27-14-12-26(13-15-27)22-11-10-19(24-25-22)18-6-3-4-9-21(18)32-2/h3-11H,12-15H2,1-2H3. The van der Waals surface area contributed by atoms with Gasteiger partial charge in [-0.2, -0.15) is 0 Å². The predicted molar refractivity (Wildman–Crippen MR) is 120 cm³/mol. The summed E-state index contributed by atoms with van der Waals surface area (Å²) in [5.74, 6) is 1.28. The molecule has 2 heterocycles. The maximum Gasteiger partial charge on any atom is 0.273 e. The summed E-state index contributed by atoms with van der Waals surface area (Å²) in [6.45, 7) is 3.80. The second kappa shape index (κ2) is 9.01. The van der Waals surface area contributed by atoms with Crippen LogP contribution in [0.4, 0.5) is 11.5 Å². The zero-order chi connectivity index (χ0) is 22.7. The fraction of sp³-hybridized carbons (Fsp3) is 0.261. The van der Waals surface area contributed by atoms with E-state index in [9.17, 15) is 14.9 Å². The number of hydrogen-bond acceptors (Lipinski definition) is 7. The van der Waals surface area contributed by atoms with Gasteiger partial charge in [-0.25, -0.2) is 0 Å². The van der Waals surface area contributed by atoms with E-state index in [4.69, 9.17) is 4.74 Å². The van der Waals surface area contributed by atoms with Crippen molar-refractivity contribution in [1.82, 2.24) is 15.1 Å². The van der Waals surface area contributed by atoms with Gasteiger partial charge in [-0.15, -0.1) is 10.2 Å². The molecule has 0 aliphatic carbocycles. The molecule has 4 rings (SSSR count). The van der Waals surface area contributed by atoms with E-state index in [0.717, 1.165) is 22.8 Å². The number of nitrogens with zero attached hydrogens (tertiary/aromatic N) is 5. The van der Waals surface area contributed by atoms with E-state index in [-0.39, 0.29) is 11.6 Å². The van der Waals surface area contributed by atoms with Crippen molar-refractivity contribution < 1.29 is 14.5 Å². The van der Waals surface area contributed by atoms with E-state index in [2.05, 4.69) is 15.1 Å². The Morgan fingerprint density at radius 2 is 1.75 bits per heavy atom. The SMILES string of the molecule is COc1ccccc1-c1ccc(N2CCN(C(=O)c3cccc([N+](=O)[O-])c3C)CC2)nn1. The molecule has 9 heteroatoms. The van der Waals surface area contributed by atoms with Crippen LogP contribution in [0.25, 0.3) is 11.3 Å². The highest BCUT2D eigenvalue weighted by Crippen LogP contribution is 2.28. The van der Waals surface area contributed by atoms with E-state index in [1.54, 1.807) is 31.1 Å². The van der Waals surface area contributed by atoms with Gasteiger partial charge in [0.05, 0.1) is 17.7 Å². The summed E-state index contributed by atoms with van der Waals surface area (Å²) < 4.78 is 5.39. The Hall–Kier alpha value is -4.01. The summed E-state index contributed by atoms with van der Waals surface area (Å²) in [4.78, 5) is 27.5. The zero-order valence-electron chi connectivity index (χ0n) is 17.9. The maximum atomic E-state index is 12.9. The molecule has 1 aliphatic rings. The number of nitro benzene ring substituents is 1. The lowest BCUT2D eigenvalue weighted by atomic mass is 10.1. The largest absolute Gasteiger partial charge is 0.496 e. The fourth-order valence-corrected chi connectivity index (χ4v) is 3.86. The number of ether oxygens (including phenoxy) is 1. The van der Waals surface area contributed by atoms with Gasteiger partial charge in [-0.1, -0.05) is 18.2 Å². The molecule has 32 heavy (non-hydrogen) atoms. The van der Waals surface area contributed by atoms with Gasteiger partial charge < -0.3 is 14.5 Å². The average molecular weight is 433 g/mol. The van der Waals surface area contributed by atoms with Crippen molar-refractivity contribution in [2.75, 3.05) is 38.2 Å². The molecular weight excluding hydrogens is 410 g/mol. The smallest absolute Gasteiger partial charge is 0.273 e. The van der Waals surface area contributed by atoms with Crippen LogP contribution in [-0.4, -0.2) is 59.2 Å². The third kappa shape index (κ3) is 4.09. The normalized spacial score (nSPS) is 13.7. The lowest BCUT2D eigenvalue weighted by molar-refractivity contribution is -0.385. The quantitative estimate of drug-likeness (QED) is 0.449. The second-order valence-corrected chi connectivity index (χ2v) is 7.46. The molecule has 2 aromatic carbocycles. The highest BCUT2D eigenvalue weighted by atomic mass is 16.6. The van der Waals surface area contributed by atoms with E-state index in [1.807, 2.05) is 36.4 Å². The maximum absolute atomic E-state index is 12.9. The van der Waals surface area contributed by atoms with Crippen molar-refractivity contribution in [2.24, 2.45) is 0 Å². The summed E-state index contributed by atoms with van der Waals surface area (Å²) in [5, 5.41) is 19.9. The number of methoxy groups -OCH3 is 1. The Bertz CT molecular complexity index is 1140. The van der Waals surface area contributed by atoms with Gasteiger partial charge in [0.15, 0.2) is 5.82 Å². The van der Waals surface area contributed by atoms with Gasteiger partial charge in [-0.3, -0.25) is 14.9 Å². The number of carbonyl (C=O) groups excluding carboxylic acids is 1. The highest BCUT2D eigenvalue weighted by molar-refractivity contribution is 5.96. The summed E-state index contributed by atoms with van der Waals surface area (Å²) >= 11 is 0. The Balaban J connectivity index is 1.43. The third-order valence-corrected chi connectivity index (χ3v) is 5.66. The van der Waals surface area contributed by atoms with Crippen molar-refractivity contribution in [3.05, 3.63) is 75.8 Å². The molecule has 0 bridgehead atoms. The molecule has 1 aromatic heterocycles. The highest BCUT2D eigenvalue weighted by Gasteiger charge is 2.26. The van der Waals surface area contributed by atoms with Crippen molar-refractivity contribution in [3.63, 3.8) is 0 Å². The molecule has 164 valence electrons. The fourth-order valence-electron chi connectivity index (χ4n) is 3.86. The van der Waals surface area contributed by atoms with Gasteiger partial charge in [0.25, 0.3) is 11.6 Å². The molecule has 0 saturated carbocycles. The monoisotopic (exact) mass is 433 g/mol. The van der Waals surface area contributed by atoms with Gasteiger partial charge >= 0.3 is 0 Å². The van der Waals surface area contributed by atoms with E-state index < -0.39 is 4.92 Å². The van der Waals surface area contributed by atoms with Gasteiger partial charge in [-0.05, 0) is 37.3 Å². The van der Waals surface area contributed by atoms with Gasteiger partial charge in [0, 0.05) is 48.9 Å². The van der Waals surface area contributed by atoms with Crippen molar-refractivity contribution in [1.29, 1.82) is 0 Å². The molecule has 1 fully saturated rings. The predicted octanol–water partition coefficient (Wildman–Crippen LogP) is 3.33. The van der Waals surface area contributed by atoms with Gasteiger partial charge in [0.1, 0.15) is 5.75 Å². The first-order chi connectivity index (χ1) is 15.5. The number of aromatic nitrogens is 2. The van der Waals surface area contributed by atoms with Crippen LogP contribution in [0.1, 0.15) is 15.9 Å². The molecule has 0 radical (unpaired) electrons. The van der Waals surface area contributed by atoms with Gasteiger partial charge in [0.2, 0.25) is 0 Å². The Morgan fingerprint density at radius 3 is 2.41 bits per heavy atom. The van der Waals surface area contributed by atoms with Crippen LogP contribution in [0.5, 0.6) is 5.75 Å². The minimum Gasteiger partial charge on any atom is -0.496 e. The van der Waals surface area contributed by atoms with Crippen LogP contribution >= 0.6 is 0 Å². The number of nitro groups is 1. The molecule has 9 nitrogen and oxygen atoms in total. The topological polar surface area (TPSA) is 102 Å². The Labute approximate surface area is 185 Å². The minimum atomic E-state index is -0.461. The lowest BCUT2D eigenvalue weighted by Gasteiger charge is -2.35. The first-order valence-electron chi connectivity index (χ1n) is 10.2. The number of para-hydroxylation sites is 1. The van der Waals surface area contributed by atoms with Crippen LogP contribution in [0.3, 0.4) is 0 Å². The molecule has 0 atom stereocenters. The van der Waals surface area contributed by atoms with E-state index >= 15 is 0 Å². The summed E-state index contributed by atoms with van der Waals surface area (Å²) in [7, 11) is 1.62. The molecule has 1 amide bonds. The number of amides is 1. The summed E-state index contributed by atoms with van der Waals surface area (Å²) in [6.07, 6.45) is 0. The Morgan fingerprint density at radius 1 is 1.00 bits per heavy atom. The van der Waals surface area contributed by atoms with Crippen molar-refractivity contribution in [2.45, 2.75) is 6.92 Å². The number of hydrogen-bond donors (Lipinski definition) is 0. The zero-order valence-corrected chi connectivity index (χ0v) is 17.9. The third-order valence-electron chi connectivity index (χ3n) is 5.66. The first-order valence-corrected chi connectivity index (χ1v) is 10.2. The van der Waals surface area contributed by atoms with E-state index in [0.29, 0.717) is 37.3 Å². The van der Waals surface area contributed by atoms with E-state index in [1.165, 1.54) is 6.07 Å². The molecular formula is C23H23N5O4. The first kappa shape index (κ1) is 21.2. The number of rotatable bonds is 5. The molecule has 0 spiro atoms. The van der Waals surface area contributed by atoms with Crippen LogP contribution in [0, 0.1) is 17.0 Å². The molecule has 3 aromatic rings. The summed E-state index contributed by atoms with van der Waals surface area (Å²) in [5.41, 5.74) is 2.31. The van der Waals surface area contributed by atoms with Crippen molar-refractivity contribution in [3.8, 4) is 17.0 Å². The van der Waals surface area contributed by atoms with Crippen LogP contribution in [-0.2, 0) is 0 Å². The Kier molecular flexibility index (Phi) is 5.98.